The topological polar surface area (TPSA) is 32.7 Å². The van der Waals surface area contributed by atoms with Gasteiger partial charge in [-0.25, -0.2) is 0 Å². The highest BCUT2D eigenvalue weighted by molar-refractivity contribution is 5.38. The molecule has 1 aliphatic heterocycles. The number of likely N-dealkylation sites (tertiary alicyclic amines) is 1. The zero-order chi connectivity index (χ0) is 18.3. The van der Waals surface area contributed by atoms with Gasteiger partial charge in [0.2, 0.25) is 0 Å². The minimum absolute atomic E-state index is 0.108. The van der Waals surface area contributed by atoms with E-state index in [-0.39, 0.29) is 11.2 Å². The van der Waals surface area contributed by atoms with Crippen LogP contribution < -0.4 is 4.74 Å². The van der Waals surface area contributed by atoms with Gasteiger partial charge in [0.1, 0.15) is 5.75 Å². The average Bonchev–Trinajstić information content (AvgIpc) is 3.17. The third-order valence-electron chi connectivity index (χ3n) is 5.76. The number of ether oxygens (including phenoxy) is 1. The number of hydrogen-bond acceptors (Lipinski definition) is 3. The average molecular weight is 359 g/mol. The van der Waals surface area contributed by atoms with Crippen LogP contribution in [0.4, 0.5) is 8.78 Å². The molecule has 2 fully saturated rings. The molecule has 0 radical (unpaired) electrons. The molecule has 0 bridgehead atoms. The molecule has 2 aromatic carbocycles. The first-order chi connectivity index (χ1) is 12.5. The second-order valence-electron chi connectivity index (χ2n) is 7.58. The molecule has 3 unspecified atom stereocenters. The number of alkyl halides is 2. The fourth-order valence-corrected chi connectivity index (χ4v) is 4.28. The van der Waals surface area contributed by atoms with Crippen LogP contribution in [0.5, 0.6) is 5.75 Å². The monoisotopic (exact) mass is 359 g/mol. The molecule has 2 aliphatic rings. The summed E-state index contributed by atoms with van der Waals surface area (Å²) in [6.45, 7) is 1.78. The van der Waals surface area contributed by atoms with Crippen molar-refractivity contribution in [2.75, 3.05) is 19.6 Å². The van der Waals surface area contributed by atoms with Gasteiger partial charge in [0.25, 0.3) is 0 Å². The standard InChI is InChI=1S/C21H23F2NO2/c1-14-2-6-16(7-3-14)21-10-17(21)11-24(13-21)12-19(25)15-4-8-18(9-5-15)26-20(22)23/h2-9,17,19-20,25H,10-13H2,1H3. The third-order valence-corrected chi connectivity index (χ3v) is 5.76. The normalized spacial score (nSPS) is 26.0. The van der Waals surface area contributed by atoms with E-state index in [2.05, 4.69) is 40.8 Å². The van der Waals surface area contributed by atoms with Crippen molar-refractivity contribution in [1.82, 2.24) is 4.90 Å². The Kier molecular flexibility index (Phi) is 4.45. The summed E-state index contributed by atoms with van der Waals surface area (Å²) in [5.74, 6) is 0.774. The Hall–Kier alpha value is -1.98. The summed E-state index contributed by atoms with van der Waals surface area (Å²) in [6, 6.07) is 15.0. The third kappa shape index (κ3) is 3.33. The molecule has 1 saturated carbocycles. The second-order valence-corrected chi connectivity index (χ2v) is 7.58. The number of benzene rings is 2. The van der Waals surface area contributed by atoms with E-state index >= 15 is 0 Å². The molecule has 26 heavy (non-hydrogen) atoms. The molecule has 1 saturated heterocycles. The van der Waals surface area contributed by atoms with Crippen molar-refractivity contribution in [3.63, 3.8) is 0 Å². The highest BCUT2D eigenvalue weighted by Crippen LogP contribution is 2.59. The largest absolute Gasteiger partial charge is 0.435 e. The molecule has 1 N–H and O–H groups in total. The number of nitrogens with zero attached hydrogens (tertiary/aromatic N) is 1. The molecule has 3 atom stereocenters. The van der Waals surface area contributed by atoms with Crippen molar-refractivity contribution in [3.05, 3.63) is 65.2 Å². The summed E-state index contributed by atoms with van der Waals surface area (Å²) in [7, 11) is 0. The zero-order valence-electron chi connectivity index (χ0n) is 14.7. The lowest BCUT2D eigenvalue weighted by Gasteiger charge is -2.24. The fraction of sp³-hybridized carbons (Fsp3) is 0.429. The maximum Gasteiger partial charge on any atom is 0.387 e. The number of fused-ring (bicyclic) bond motifs is 1. The molecule has 0 spiro atoms. The number of halogens is 2. The zero-order valence-corrected chi connectivity index (χ0v) is 14.7. The van der Waals surface area contributed by atoms with Gasteiger partial charge in [-0.05, 0) is 42.5 Å². The highest BCUT2D eigenvalue weighted by Gasteiger charge is 2.60. The van der Waals surface area contributed by atoms with Crippen LogP contribution in [-0.2, 0) is 5.41 Å². The molecule has 5 heteroatoms. The Morgan fingerprint density at radius 2 is 1.85 bits per heavy atom. The molecular weight excluding hydrogens is 336 g/mol. The van der Waals surface area contributed by atoms with Gasteiger partial charge in [0.05, 0.1) is 6.10 Å². The summed E-state index contributed by atoms with van der Waals surface area (Å²) < 4.78 is 28.8. The number of rotatable bonds is 6. The second kappa shape index (κ2) is 6.63. The van der Waals surface area contributed by atoms with E-state index in [0.29, 0.717) is 12.5 Å². The van der Waals surface area contributed by atoms with Crippen molar-refractivity contribution in [1.29, 1.82) is 0 Å². The van der Waals surface area contributed by atoms with Gasteiger partial charge in [-0.1, -0.05) is 42.0 Å². The Morgan fingerprint density at radius 1 is 1.15 bits per heavy atom. The highest BCUT2D eigenvalue weighted by atomic mass is 19.3. The minimum atomic E-state index is -2.83. The molecule has 0 amide bonds. The first-order valence-corrected chi connectivity index (χ1v) is 8.99. The van der Waals surface area contributed by atoms with Crippen LogP contribution in [0, 0.1) is 12.8 Å². The smallest absolute Gasteiger partial charge is 0.387 e. The summed E-state index contributed by atoms with van der Waals surface area (Å²) in [5, 5.41) is 10.5. The summed E-state index contributed by atoms with van der Waals surface area (Å²) >= 11 is 0. The van der Waals surface area contributed by atoms with E-state index in [0.717, 1.165) is 18.7 Å². The van der Waals surface area contributed by atoms with Crippen LogP contribution >= 0.6 is 0 Å². The lowest BCUT2D eigenvalue weighted by Crippen LogP contribution is -2.30. The SMILES string of the molecule is Cc1ccc(C23CC2CN(CC(O)c2ccc(OC(F)F)cc2)C3)cc1. The molecular formula is C21H23F2NO2. The predicted octanol–water partition coefficient (Wildman–Crippen LogP) is 3.90. The maximum absolute atomic E-state index is 12.2. The number of aryl methyl sites for hydroxylation is 1. The Balaban J connectivity index is 1.37. The van der Waals surface area contributed by atoms with Crippen molar-refractivity contribution in [3.8, 4) is 5.75 Å². The van der Waals surface area contributed by atoms with E-state index in [4.69, 9.17) is 0 Å². The van der Waals surface area contributed by atoms with Crippen LogP contribution in [0.3, 0.4) is 0 Å². The van der Waals surface area contributed by atoms with Crippen molar-refractivity contribution < 1.29 is 18.6 Å². The first kappa shape index (κ1) is 17.4. The van der Waals surface area contributed by atoms with E-state index in [1.807, 2.05) is 0 Å². The first-order valence-electron chi connectivity index (χ1n) is 8.99. The van der Waals surface area contributed by atoms with Gasteiger partial charge in [0, 0.05) is 25.0 Å². The van der Waals surface area contributed by atoms with Gasteiger partial charge in [0.15, 0.2) is 0 Å². The quantitative estimate of drug-likeness (QED) is 0.849. The van der Waals surface area contributed by atoms with E-state index in [1.165, 1.54) is 29.7 Å². The maximum atomic E-state index is 12.2. The van der Waals surface area contributed by atoms with E-state index in [1.54, 1.807) is 12.1 Å². The molecule has 1 heterocycles. The number of hydrogen-bond donors (Lipinski definition) is 1. The van der Waals surface area contributed by atoms with Gasteiger partial charge in [-0.3, -0.25) is 4.90 Å². The lowest BCUT2D eigenvalue weighted by molar-refractivity contribution is -0.0498. The molecule has 4 rings (SSSR count). The van der Waals surface area contributed by atoms with Gasteiger partial charge in [-0.2, -0.15) is 8.78 Å². The molecule has 2 aromatic rings. The van der Waals surface area contributed by atoms with Crippen LogP contribution in [-0.4, -0.2) is 36.3 Å². The van der Waals surface area contributed by atoms with Crippen LogP contribution in [0.1, 0.15) is 29.2 Å². The fourth-order valence-electron chi connectivity index (χ4n) is 4.28. The van der Waals surface area contributed by atoms with Crippen molar-refractivity contribution in [2.45, 2.75) is 31.5 Å². The predicted molar refractivity (Wildman–Crippen MR) is 95.4 cm³/mol. The summed E-state index contributed by atoms with van der Waals surface area (Å²) in [6.07, 6.45) is 0.589. The lowest BCUT2D eigenvalue weighted by atomic mass is 9.94. The molecule has 3 nitrogen and oxygen atoms in total. The minimum Gasteiger partial charge on any atom is -0.435 e. The van der Waals surface area contributed by atoms with Gasteiger partial charge in [-0.15, -0.1) is 0 Å². The van der Waals surface area contributed by atoms with Crippen molar-refractivity contribution in [2.24, 2.45) is 5.92 Å². The number of β-amino-alcohol motifs (C(OH)–C–C–N with tert-alkyl or cyclic N) is 1. The van der Waals surface area contributed by atoms with Crippen molar-refractivity contribution >= 4 is 0 Å². The van der Waals surface area contributed by atoms with E-state index in [9.17, 15) is 13.9 Å². The van der Waals surface area contributed by atoms with Gasteiger partial charge >= 0.3 is 6.61 Å². The molecule has 1 aliphatic carbocycles. The van der Waals surface area contributed by atoms with E-state index < -0.39 is 12.7 Å². The number of aliphatic hydroxyl groups excluding tert-OH is 1. The van der Waals surface area contributed by atoms with Crippen LogP contribution in [0.15, 0.2) is 48.5 Å². The summed E-state index contributed by atoms with van der Waals surface area (Å²) in [4.78, 5) is 2.31. The molecule has 138 valence electrons. The molecule has 0 aromatic heterocycles. The van der Waals surface area contributed by atoms with Gasteiger partial charge < -0.3 is 9.84 Å². The van der Waals surface area contributed by atoms with Crippen LogP contribution in [0.25, 0.3) is 0 Å². The number of aliphatic hydroxyl groups is 1. The Labute approximate surface area is 152 Å². The Morgan fingerprint density at radius 3 is 2.50 bits per heavy atom. The Bertz CT molecular complexity index is 763. The summed E-state index contributed by atoms with van der Waals surface area (Å²) in [5.41, 5.74) is 3.64. The number of piperidine rings is 1. The van der Waals surface area contributed by atoms with Crippen LogP contribution in [0.2, 0.25) is 0 Å².